The Kier molecular flexibility index (Phi) is 2.87. The van der Waals surface area contributed by atoms with Gasteiger partial charge in [-0.15, -0.1) is 0 Å². The lowest BCUT2D eigenvalue weighted by Crippen LogP contribution is -2.00. The van der Waals surface area contributed by atoms with Gasteiger partial charge in [0.05, 0.1) is 27.9 Å². The molecule has 2 N–H and O–H groups in total. The van der Waals surface area contributed by atoms with E-state index in [0.717, 1.165) is 29.0 Å². The number of hydrogen-bond donors (Lipinski definition) is 1. The van der Waals surface area contributed by atoms with Gasteiger partial charge in [0.25, 0.3) is 0 Å². The first kappa shape index (κ1) is 12.0. The van der Waals surface area contributed by atoms with E-state index in [9.17, 15) is 0 Å². The quantitative estimate of drug-likeness (QED) is 0.778. The third-order valence-corrected chi connectivity index (χ3v) is 3.43. The van der Waals surface area contributed by atoms with Crippen LogP contribution in [0, 0.1) is 0 Å². The molecule has 3 rings (SSSR count). The van der Waals surface area contributed by atoms with E-state index < -0.39 is 0 Å². The highest BCUT2D eigenvalue weighted by molar-refractivity contribution is 6.35. The van der Waals surface area contributed by atoms with Crippen LogP contribution in [-0.2, 0) is 6.54 Å². The zero-order valence-electron chi connectivity index (χ0n) is 10.5. The van der Waals surface area contributed by atoms with Crippen LogP contribution in [0.5, 0.6) is 0 Å². The van der Waals surface area contributed by atoms with Crippen molar-refractivity contribution in [3.63, 3.8) is 0 Å². The van der Waals surface area contributed by atoms with Crippen molar-refractivity contribution in [2.45, 2.75) is 13.5 Å². The summed E-state index contributed by atoms with van der Waals surface area (Å²) in [6.07, 6.45) is 3.35. The van der Waals surface area contributed by atoms with E-state index in [1.165, 1.54) is 0 Å². The number of benzene rings is 1. The van der Waals surface area contributed by atoms with Gasteiger partial charge >= 0.3 is 0 Å². The molecule has 0 atom stereocenters. The summed E-state index contributed by atoms with van der Waals surface area (Å²) in [5.74, 6) is 0.825. The standard InChI is InChI=1S/C14H13ClN4/c1-2-19-13-10(15)4-3-5-12(13)18-14(19)9-6-7-17-8-11(9)16/h3-8H,2,16H2,1H3. The van der Waals surface area contributed by atoms with Crippen LogP contribution in [0.4, 0.5) is 5.69 Å². The molecule has 0 aliphatic rings. The molecule has 4 nitrogen and oxygen atoms in total. The number of imidazole rings is 1. The number of halogens is 1. The summed E-state index contributed by atoms with van der Waals surface area (Å²) < 4.78 is 2.07. The number of aryl methyl sites for hydroxylation is 1. The number of hydrogen-bond acceptors (Lipinski definition) is 3. The van der Waals surface area contributed by atoms with Crippen LogP contribution in [-0.4, -0.2) is 14.5 Å². The molecule has 0 bridgehead atoms. The van der Waals surface area contributed by atoms with Crippen molar-refractivity contribution in [2.75, 3.05) is 5.73 Å². The molecule has 0 saturated heterocycles. The highest BCUT2D eigenvalue weighted by Crippen LogP contribution is 2.31. The van der Waals surface area contributed by atoms with Gasteiger partial charge in [-0.1, -0.05) is 17.7 Å². The first-order valence-corrected chi connectivity index (χ1v) is 6.44. The molecule has 0 aliphatic heterocycles. The van der Waals surface area contributed by atoms with Gasteiger partial charge in [0.1, 0.15) is 5.82 Å². The Morgan fingerprint density at radius 2 is 2.16 bits per heavy atom. The lowest BCUT2D eigenvalue weighted by molar-refractivity contribution is 0.796. The van der Waals surface area contributed by atoms with E-state index in [4.69, 9.17) is 17.3 Å². The third kappa shape index (κ3) is 1.85. The second-order valence-corrected chi connectivity index (χ2v) is 4.66. The maximum absolute atomic E-state index is 6.28. The summed E-state index contributed by atoms with van der Waals surface area (Å²) >= 11 is 6.28. The van der Waals surface area contributed by atoms with Crippen molar-refractivity contribution < 1.29 is 0 Å². The van der Waals surface area contributed by atoms with Gasteiger partial charge in [-0.3, -0.25) is 4.98 Å². The third-order valence-electron chi connectivity index (χ3n) is 3.13. The fourth-order valence-electron chi connectivity index (χ4n) is 2.27. The van der Waals surface area contributed by atoms with Crippen LogP contribution in [0.15, 0.2) is 36.7 Å². The average Bonchev–Trinajstić information content (AvgIpc) is 2.79. The van der Waals surface area contributed by atoms with Gasteiger partial charge in [0, 0.05) is 18.3 Å². The van der Waals surface area contributed by atoms with E-state index in [1.807, 2.05) is 24.3 Å². The van der Waals surface area contributed by atoms with Crippen LogP contribution < -0.4 is 5.73 Å². The normalized spacial score (nSPS) is 11.1. The molecule has 0 radical (unpaired) electrons. The average molecular weight is 273 g/mol. The van der Waals surface area contributed by atoms with Crippen molar-refractivity contribution in [1.82, 2.24) is 14.5 Å². The molecule has 96 valence electrons. The lowest BCUT2D eigenvalue weighted by atomic mass is 10.2. The number of aromatic nitrogens is 3. The van der Waals surface area contributed by atoms with Crippen molar-refractivity contribution in [3.05, 3.63) is 41.7 Å². The largest absolute Gasteiger partial charge is 0.397 e. The van der Waals surface area contributed by atoms with Gasteiger partial charge in [0.2, 0.25) is 0 Å². The summed E-state index contributed by atoms with van der Waals surface area (Å²) in [5, 5.41) is 0.700. The van der Waals surface area contributed by atoms with E-state index in [1.54, 1.807) is 12.4 Å². The molecule has 0 spiro atoms. The van der Waals surface area contributed by atoms with Gasteiger partial charge in [-0.25, -0.2) is 4.98 Å². The summed E-state index contributed by atoms with van der Waals surface area (Å²) in [4.78, 5) is 8.66. The fraction of sp³-hybridized carbons (Fsp3) is 0.143. The Morgan fingerprint density at radius 3 is 2.89 bits per heavy atom. The molecular weight excluding hydrogens is 260 g/mol. The number of anilines is 1. The summed E-state index contributed by atoms with van der Waals surface area (Å²) in [6.45, 7) is 2.84. The number of para-hydroxylation sites is 1. The van der Waals surface area contributed by atoms with Crippen LogP contribution in [0.1, 0.15) is 6.92 Å². The van der Waals surface area contributed by atoms with Crippen LogP contribution in [0.25, 0.3) is 22.4 Å². The summed E-state index contributed by atoms with van der Waals surface area (Å²) in [7, 11) is 0. The van der Waals surface area contributed by atoms with Crippen LogP contribution in [0.3, 0.4) is 0 Å². The molecule has 5 heteroatoms. The van der Waals surface area contributed by atoms with Crippen molar-refractivity contribution in [3.8, 4) is 11.4 Å². The zero-order valence-corrected chi connectivity index (χ0v) is 11.2. The maximum Gasteiger partial charge on any atom is 0.143 e. The highest BCUT2D eigenvalue weighted by atomic mass is 35.5. The Morgan fingerprint density at radius 1 is 1.32 bits per heavy atom. The minimum atomic E-state index is 0.614. The Balaban J connectivity index is 2.36. The SMILES string of the molecule is CCn1c(-c2ccncc2N)nc2cccc(Cl)c21. The number of rotatable bonds is 2. The summed E-state index contributed by atoms with van der Waals surface area (Å²) in [6, 6.07) is 7.60. The molecule has 0 saturated carbocycles. The van der Waals surface area contributed by atoms with Crippen LogP contribution >= 0.6 is 11.6 Å². The molecule has 2 heterocycles. The second kappa shape index (κ2) is 4.55. The molecule has 0 amide bonds. The molecular formula is C14H13ClN4. The molecule has 0 aliphatic carbocycles. The lowest BCUT2D eigenvalue weighted by Gasteiger charge is -2.08. The predicted octanol–water partition coefficient (Wildman–Crippen LogP) is 3.35. The molecule has 19 heavy (non-hydrogen) atoms. The van der Waals surface area contributed by atoms with Gasteiger partial charge in [-0.05, 0) is 25.1 Å². The molecule has 3 aromatic rings. The van der Waals surface area contributed by atoms with Crippen molar-refractivity contribution in [1.29, 1.82) is 0 Å². The zero-order chi connectivity index (χ0) is 13.4. The molecule has 2 aromatic heterocycles. The Bertz CT molecular complexity index is 748. The topological polar surface area (TPSA) is 56.7 Å². The molecule has 0 unspecified atom stereocenters. The monoisotopic (exact) mass is 272 g/mol. The summed E-state index contributed by atoms with van der Waals surface area (Å²) in [5.41, 5.74) is 9.30. The minimum Gasteiger partial charge on any atom is -0.397 e. The van der Waals surface area contributed by atoms with E-state index >= 15 is 0 Å². The minimum absolute atomic E-state index is 0.614. The maximum atomic E-state index is 6.28. The van der Waals surface area contributed by atoms with Crippen molar-refractivity contribution in [2.24, 2.45) is 0 Å². The van der Waals surface area contributed by atoms with Gasteiger partial charge in [-0.2, -0.15) is 0 Å². The molecule has 0 fully saturated rings. The highest BCUT2D eigenvalue weighted by Gasteiger charge is 2.15. The van der Waals surface area contributed by atoms with Gasteiger partial charge < -0.3 is 10.3 Å². The van der Waals surface area contributed by atoms with E-state index in [0.29, 0.717) is 10.7 Å². The first-order valence-electron chi connectivity index (χ1n) is 6.07. The van der Waals surface area contributed by atoms with Gasteiger partial charge in [0.15, 0.2) is 0 Å². The van der Waals surface area contributed by atoms with E-state index in [2.05, 4.69) is 21.5 Å². The second-order valence-electron chi connectivity index (χ2n) is 4.25. The number of nitrogens with zero attached hydrogens (tertiary/aromatic N) is 3. The fourth-order valence-corrected chi connectivity index (χ4v) is 2.54. The van der Waals surface area contributed by atoms with Crippen molar-refractivity contribution >= 4 is 28.3 Å². The number of pyridine rings is 1. The molecule has 1 aromatic carbocycles. The number of nitrogen functional groups attached to an aromatic ring is 1. The first-order chi connectivity index (χ1) is 9.22. The van der Waals surface area contributed by atoms with Crippen LogP contribution in [0.2, 0.25) is 5.02 Å². The Hall–Kier alpha value is -2.07. The number of fused-ring (bicyclic) bond motifs is 1. The number of nitrogens with two attached hydrogens (primary N) is 1. The smallest absolute Gasteiger partial charge is 0.143 e. The van der Waals surface area contributed by atoms with E-state index in [-0.39, 0.29) is 0 Å². The predicted molar refractivity (Wildman–Crippen MR) is 78.1 cm³/mol. The Labute approximate surface area is 115 Å².